The van der Waals surface area contributed by atoms with Crippen LogP contribution in [0.15, 0.2) is 69.4 Å². The molecule has 0 saturated carbocycles. The van der Waals surface area contributed by atoms with E-state index in [1.54, 1.807) is 18.7 Å². The van der Waals surface area contributed by atoms with Crippen molar-refractivity contribution in [2.24, 2.45) is 4.99 Å². The summed E-state index contributed by atoms with van der Waals surface area (Å²) in [5.74, 6) is 0.211. The van der Waals surface area contributed by atoms with Crippen molar-refractivity contribution >= 4 is 23.6 Å². The van der Waals surface area contributed by atoms with Crippen LogP contribution in [0.3, 0.4) is 0 Å². The van der Waals surface area contributed by atoms with Crippen LogP contribution in [0.2, 0.25) is 0 Å². The molecule has 0 amide bonds. The molecule has 2 aromatic carbocycles. The van der Waals surface area contributed by atoms with Crippen LogP contribution in [-0.4, -0.2) is 11.9 Å². The molecule has 1 atom stereocenters. The van der Waals surface area contributed by atoms with Gasteiger partial charge in [-0.05, 0) is 36.8 Å². The fraction of sp³-hybridized carbons (Fsp3) is 0.222. The van der Waals surface area contributed by atoms with E-state index < -0.39 is 5.54 Å². The Labute approximate surface area is 134 Å². The van der Waals surface area contributed by atoms with Crippen molar-refractivity contribution < 1.29 is 9.53 Å². The van der Waals surface area contributed by atoms with Gasteiger partial charge in [0.2, 0.25) is 0 Å². The summed E-state index contributed by atoms with van der Waals surface area (Å²) in [6.07, 6.45) is 0.628. The summed E-state index contributed by atoms with van der Waals surface area (Å²) in [5, 5.41) is 0. The fourth-order valence-electron chi connectivity index (χ4n) is 2.33. The number of carbonyl (C=O) groups is 1. The predicted molar refractivity (Wildman–Crippen MR) is 88.2 cm³/mol. The summed E-state index contributed by atoms with van der Waals surface area (Å²) in [7, 11) is 0. The van der Waals surface area contributed by atoms with E-state index in [-0.39, 0.29) is 5.97 Å². The fourth-order valence-corrected chi connectivity index (χ4v) is 3.17. The zero-order valence-corrected chi connectivity index (χ0v) is 13.4. The van der Waals surface area contributed by atoms with Gasteiger partial charge in [-0.15, -0.1) is 0 Å². The van der Waals surface area contributed by atoms with Gasteiger partial charge in [0.15, 0.2) is 11.4 Å². The predicted octanol–water partition coefficient (Wildman–Crippen LogP) is 4.42. The first-order valence-electron chi connectivity index (χ1n) is 7.26. The number of aliphatic imine (C=N–C) groups is 1. The van der Waals surface area contributed by atoms with Crippen molar-refractivity contribution in [1.82, 2.24) is 0 Å². The van der Waals surface area contributed by atoms with Gasteiger partial charge in [0, 0.05) is 16.2 Å². The monoisotopic (exact) mass is 311 g/mol. The number of esters is 1. The van der Waals surface area contributed by atoms with Crippen molar-refractivity contribution in [1.29, 1.82) is 0 Å². The highest BCUT2D eigenvalue weighted by Gasteiger charge is 2.42. The largest absolute Gasteiger partial charge is 0.410 e. The molecule has 1 aliphatic heterocycles. The molecule has 4 heteroatoms. The standard InChI is InChI=1S/C18H17NO2S/c1-3-16-19-18(2,17(20)21-16)13-9-11-15(12-10-13)22-14-7-5-4-6-8-14/h4-12H,3H2,1-2H3. The van der Waals surface area contributed by atoms with Crippen LogP contribution < -0.4 is 0 Å². The highest BCUT2D eigenvalue weighted by Crippen LogP contribution is 2.34. The number of cyclic esters (lactones) is 1. The van der Waals surface area contributed by atoms with Crippen LogP contribution >= 0.6 is 11.8 Å². The van der Waals surface area contributed by atoms with Crippen molar-refractivity contribution in [2.45, 2.75) is 35.6 Å². The van der Waals surface area contributed by atoms with Crippen LogP contribution in [0, 0.1) is 0 Å². The van der Waals surface area contributed by atoms with Crippen molar-refractivity contribution in [2.75, 3.05) is 0 Å². The molecule has 0 radical (unpaired) electrons. The van der Waals surface area contributed by atoms with Gasteiger partial charge in [-0.2, -0.15) is 0 Å². The molecule has 0 fully saturated rings. The second-order valence-electron chi connectivity index (χ2n) is 5.26. The first kappa shape index (κ1) is 14.9. The second kappa shape index (κ2) is 5.97. The molecule has 1 aliphatic rings. The van der Waals surface area contributed by atoms with Gasteiger partial charge < -0.3 is 4.74 Å². The maximum Gasteiger partial charge on any atom is 0.344 e. The van der Waals surface area contributed by atoms with E-state index in [4.69, 9.17) is 4.74 Å². The molecule has 0 aromatic heterocycles. The van der Waals surface area contributed by atoms with E-state index in [1.165, 1.54) is 4.90 Å². The Morgan fingerprint density at radius 2 is 1.68 bits per heavy atom. The maximum atomic E-state index is 12.1. The summed E-state index contributed by atoms with van der Waals surface area (Å²) < 4.78 is 5.21. The van der Waals surface area contributed by atoms with Gasteiger partial charge in [0.25, 0.3) is 0 Å². The molecule has 0 N–H and O–H groups in total. The van der Waals surface area contributed by atoms with Gasteiger partial charge in [-0.1, -0.05) is 49.0 Å². The van der Waals surface area contributed by atoms with Crippen LogP contribution in [0.4, 0.5) is 0 Å². The zero-order chi connectivity index (χ0) is 15.6. The normalized spacial score (nSPS) is 20.6. The maximum absolute atomic E-state index is 12.1. The van der Waals surface area contributed by atoms with Crippen LogP contribution in [-0.2, 0) is 15.1 Å². The molecule has 2 aromatic rings. The molecule has 1 unspecified atom stereocenters. The van der Waals surface area contributed by atoms with Gasteiger partial charge in [-0.25, -0.2) is 9.79 Å². The average Bonchev–Trinajstić information content (AvgIpc) is 2.85. The lowest BCUT2D eigenvalue weighted by molar-refractivity contribution is -0.138. The molecule has 112 valence electrons. The highest BCUT2D eigenvalue weighted by molar-refractivity contribution is 7.99. The summed E-state index contributed by atoms with van der Waals surface area (Å²) in [6.45, 7) is 3.73. The number of hydrogen-bond acceptors (Lipinski definition) is 4. The molecular formula is C18H17NO2S. The number of ether oxygens (including phenoxy) is 1. The highest BCUT2D eigenvalue weighted by atomic mass is 32.2. The number of hydrogen-bond donors (Lipinski definition) is 0. The minimum Gasteiger partial charge on any atom is -0.410 e. The Morgan fingerprint density at radius 1 is 1.05 bits per heavy atom. The molecule has 22 heavy (non-hydrogen) atoms. The summed E-state index contributed by atoms with van der Waals surface area (Å²) >= 11 is 1.69. The van der Waals surface area contributed by atoms with E-state index in [9.17, 15) is 4.79 Å². The van der Waals surface area contributed by atoms with Crippen LogP contribution in [0.5, 0.6) is 0 Å². The molecule has 0 bridgehead atoms. The van der Waals surface area contributed by atoms with Crippen LogP contribution in [0.25, 0.3) is 0 Å². The van der Waals surface area contributed by atoms with E-state index in [2.05, 4.69) is 17.1 Å². The van der Waals surface area contributed by atoms with Crippen molar-refractivity contribution in [3.05, 3.63) is 60.2 Å². The van der Waals surface area contributed by atoms with E-state index in [1.807, 2.05) is 49.4 Å². The first-order chi connectivity index (χ1) is 10.6. The lowest BCUT2D eigenvalue weighted by Gasteiger charge is -2.17. The van der Waals surface area contributed by atoms with Crippen molar-refractivity contribution in [3.63, 3.8) is 0 Å². The Kier molecular flexibility index (Phi) is 4.03. The van der Waals surface area contributed by atoms with E-state index in [0.717, 1.165) is 10.5 Å². The van der Waals surface area contributed by atoms with Crippen molar-refractivity contribution in [3.8, 4) is 0 Å². The Hall–Kier alpha value is -2.07. The van der Waals surface area contributed by atoms with E-state index in [0.29, 0.717) is 12.3 Å². The minimum atomic E-state index is -0.915. The molecule has 3 nitrogen and oxygen atoms in total. The first-order valence-corrected chi connectivity index (χ1v) is 8.08. The lowest BCUT2D eigenvalue weighted by atomic mass is 9.93. The minimum absolute atomic E-state index is 0.298. The molecule has 3 rings (SSSR count). The van der Waals surface area contributed by atoms with Gasteiger partial charge in [0.05, 0.1) is 0 Å². The molecule has 0 saturated heterocycles. The average molecular weight is 311 g/mol. The SMILES string of the molecule is CCC1=NC(C)(c2ccc(Sc3ccccc3)cc2)C(=O)O1. The number of nitrogens with zero attached hydrogens (tertiary/aromatic N) is 1. The molecule has 1 heterocycles. The van der Waals surface area contributed by atoms with Crippen LogP contribution in [0.1, 0.15) is 25.8 Å². The molecule has 0 aliphatic carbocycles. The number of benzene rings is 2. The number of rotatable bonds is 4. The zero-order valence-electron chi connectivity index (χ0n) is 12.6. The topological polar surface area (TPSA) is 38.7 Å². The summed E-state index contributed by atoms with van der Waals surface area (Å²) in [5.41, 5.74) is -0.0558. The van der Waals surface area contributed by atoms with Gasteiger partial charge in [-0.3, -0.25) is 0 Å². The Bertz CT molecular complexity index is 710. The smallest absolute Gasteiger partial charge is 0.344 e. The lowest BCUT2D eigenvalue weighted by Crippen LogP contribution is -2.27. The van der Waals surface area contributed by atoms with E-state index >= 15 is 0 Å². The molecule has 0 spiro atoms. The Balaban J connectivity index is 1.83. The third-order valence-corrected chi connectivity index (χ3v) is 4.67. The third kappa shape index (κ3) is 2.79. The quantitative estimate of drug-likeness (QED) is 0.785. The van der Waals surface area contributed by atoms with Gasteiger partial charge in [0.1, 0.15) is 0 Å². The Morgan fingerprint density at radius 3 is 2.27 bits per heavy atom. The third-order valence-electron chi connectivity index (χ3n) is 3.65. The summed E-state index contributed by atoms with van der Waals surface area (Å²) in [6, 6.07) is 18.1. The van der Waals surface area contributed by atoms with Gasteiger partial charge >= 0.3 is 5.97 Å². The number of carbonyl (C=O) groups excluding carboxylic acids is 1. The molecular weight excluding hydrogens is 294 g/mol. The summed E-state index contributed by atoms with van der Waals surface area (Å²) in [4.78, 5) is 18.9. The second-order valence-corrected chi connectivity index (χ2v) is 6.41.